The van der Waals surface area contributed by atoms with Crippen LogP contribution < -0.4 is 0 Å². The molecule has 0 amide bonds. The molecule has 0 rings (SSSR count). The molecule has 0 heterocycles. The second-order valence-electron chi connectivity index (χ2n) is 8.71. The molecular weight excluding hydrogens is 612 g/mol. The number of rotatable bonds is 13. The van der Waals surface area contributed by atoms with Crippen molar-refractivity contribution in [1.29, 1.82) is 0 Å². The van der Waals surface area contributed by atoms with E-state index in [4.69, 9.17) is 0 Å². The maximum atomic E-state index is 13.5. The number of halogens is 12. The van der Waals surface area contributed by atoms with Gasteiger partial charge in [-0.25, -0.2) is 19.2 Å². The van der Waals surface area contributed by atoms with Gasteiger partial charge in [0.25, 0.3) is 0 Å². The summed E-state index contributed by atoms with van der Waals surface area (Å²) in [7, 11) is 0. The average Bonchev–Trinajstić information content (AvgIpc) is 2.80. The molecule has 0 aromatic carbocycles. The van der Waals surface area contributed by atoms with Crippen molar-refractivity contribution < 1.29 is 95.8 Å². The molecule has 0 spiro atoms. The van der Waals surface area contributed by atoms with Crippen molar-refractivity contribution in [1.82, 2.24) is 0 Å². The van der Waals surface area contributed by atoms with Gasteiger partial charge in [0, 0.05) is 19.3 Å². The molecule has 1 atom stereocenters. The maximum absolute atomic E-state index is 13.5. The first-order valence-electron chi connectivity index (χ1n) is 10.9. The van der Waals surface area contributed by atoms with Crippen molar-refractivity contribution in [2.75, 3.05) is 0 Å². The predicted molar refractivity (Wildman–Crippen MR) is 104 cm³/mol. The van der Waals surface area contributed by atoms with Gasteiger partial charge in [-0.2, -0.15) is 57.6 Å². The summed E-state index contributed by atoms with van der Waals surface area (Å²) in [6, 6.07) is 0. The second kappa shape index (κ2) is 12.5. The molecule has 0 aliphatic rings. The van der Waals surface area contributed by atoms with Crippen molar-refractivity contribution in [3.63, 3.8) is 0 Å². The van der Waals surface area contributed by atoms with E-state index in [0.717, 1.165) is 20.8 Å². The van der Waals surface area contributed by atoms with Crippen LogP contribution in [0.4, 0.5) is 52.7 Å². The van der Waals surface area contributed by atoms with Crippen LogP contribution in [0.1, 0.15) is 53.9 Å². The lowest BCUT2D eigenvalue weighted by atomic mass is 10.0. The molecule has 240 valence electrons. The highest BCUT2D eigenvalue weighted by molar-refractivity contribution is 6.30. The van der Waals surface area contributed by atoms with Crippen LogP contribution in [0.25, 0.3) is 0 Å². The topological polar surface area (TPSA) is 114 Å². The van der Waals surface area contributed by atoms with Crippen LogP contribution in [0.5, 0.6) is 0 Å². The Bertz CT molecular complexity index is 983. The third-order valence-electron chi connectivity index (χ3n) is 4.74. The van der Waals surface area contributed by atoms with Gasteiger partial charge >= 0.3 is 59.8 Å². The Labute approximate surface area is 222 Å². The maximum Gasteiger partial charge on any atom is 0.473 e. The van der Waals surface area contributed by atoms with E-state index in [9.17, 15) is 71.9 Å². The molecule has 21 heteroatoms. The fourth-order valence-electron chi connectivity index (χ4n) is 2.50. The first-order chi connectivity index (χ1) is 18.0. The fourth-order valence-corrected chi connectivity index (χ4v) is 2.50. The number of ether oxygens (including phenoxy) is 3. The van der Waals surface area contributed by atoms with Crippen molar-refractivity contribution in [2.45, 2.75) is 101 Å². The molecule has 0 saturated heterocycles. The molecule has 9 nitrogen and oxygen atoms in total. The number of alkyl halides is 12. The molecule has 1 unspecified atom stereocenters. The zero-order valence-corrected chi connectivity index (χ0v) is 21.4. The highest BCUT2D eigenvalue weighted by atomic mass is 19.4. The molecule has 41 heavy (non-hydrogen) atoms. The van der Waals surface area contributed by atoms with E-state index in [1.54, 1.807) is 0 Å². The summed E-state index contributed by atoms with van der Waals surface area (Å²) < 4.78 is 170. The summed E-state index contributed by atoms with van der Waals surface area (Å²) in [6.45, 7) is 3.51. The summed E-state index contributed by atoms with van der Waals surface area (Å²) in [5.74, 6) is -34.0. The minimum absolute atomic E-state index is 0.403. The average molecular weight is 634 g/mol. The fraction of sp³-hybridized carbons (Fsp3) is 0.800. The van der Waals surface area contributed by atoms with Gasteiger partial charge < -0.3 is 14.2 Å². The van der Waals surface area contributed by atoms with Gasteiger partial charge in [-0.05, 0) is 20.8 Å². The number of hydrogen-bond donors (Lipinski definition) is 0. The number of carbonyl (C=O) groups is 4. The Hall–Kier alpha value is -3.00. The van der Waals surface area contributed by atoms with Crippen molar-refractivity contribution >= 4 is 23.9 Å². The van der Waals surface area contributed by atoms with Gasteiger partial charge in [-0.15, -0.1) is 0 Å². The number of carbonyl (C=O) groups excluding carboxylic acids is 4. The molecule has 0 fully saturated rings. The lowest BCUT2D eigenvalue weighted by Crippen LogP contribution is -2.56. The van der Waals surface area contributed by atoms with E-state index in [0.29, 0.717) is 13.8 Å². The van der Waals surface area contributed by atoms with E-state index in [1.807, 2.05) is 0 Å². The lowest BCUT2D eigenvalue weighted by Gasteiger charge is -2.31. The van der Waals surface area contributed by atoms with Gasteiger partial charge in [0.2, 0.25) is 0 Å². The first kappa shape index (κ1) is 38.0. The van der Waals surface area contributed by atoms with Crippen molar-refractivity contribution in [2.24, 2.45) is 0 Å². The molecular formula is C20H22F12O9. The Morgan fingerprint density at radius 3 is 1.29 bits per heavy atom. The van der Waals surface area contributed by atoms with Crippen LogP contribution >= 0.6 is 0 Å². The minimum atomic E-state index is -6.26. The summed E-state index contributed by atoms with van der Waals surface area (Å²) in [5, 5.41) is 0. The van der Waals surface area contributed by atoms with Gasteiger partial charge in [-0.3, -0.25) is 4.89 Å². The second-order valence-corrected chi connectivity index (χ2v) is 8.71. The molecule has 0 aromatic heterocycles. The number of hydrogen-bond acceptors (Lipinski definition) is 9. The van der Waals surface area contributed by atoms with Gasteiger partial charge in [0.05, 0.1) is 0 Å². The monoisotopic (exact) mass is 634 g/mol. The molecule has 0 saturated carbocycles. The van der Waals surface area contributed by atoms with Crippen LogP contribution in [0.2, 0.25) is 0 Å². The molecule has 0 aliphatic carbocycles. The largest absolute Gasteiger partial charge is 0.473 e. The van der Waals surface area contributed by atoms with E-state index < -0.39 is 90.8 Å². The third-order valence-corrected chi connectivity index (χ3v) is 4.74. The highest BCUT2D eigenvalue weighted by Crippen LogP contribution is 2.49. The van der Waals surface area contributed by atoms with Crippen LogP contribution in [-0.4, -0.2) is 71.5 Å². The highest BCUT2D eigenvalue weighted by Gasteiger charge is 2.75. The Kier molecular flexibility index (Phi) is 11.6. The Morgan fingerprint density at radius 1 is 0.610 bits per heavy atom. The Balaban J connectivity index is 5.15. The standard InChI is InChI=1S/C20H22F12O9/c1-6-15(21,22)17(25,26)19(29,30)38-11(34)10(33)37-9(3)8-14(4,5)41-40-13(36)12(35)39-20(31,32)18(27,28)16(23,24)7-2/h9H,6-8H2,1-5H3. The quantitative estimate of drug-likeness (QED) is 0.0674. The molecule has 0 radical (unpaired) electrons. The van der Waals surface area contributed by atoms with Crippen LogP contribution in [0, 0.1) is 0 Å². The zero-order valence-electron chi connectivity index (χ0n) is 21.4. The summed E-state index contributed by atoms with van der Waals surface area (Å²) >= 11 is 0. The van der Waals surface area contributed by atoms with Gasteiger partial charge in [0.15, 0.2) is 0 Å². The van der Waals surface area contributed by atoms with Crippen molar-refractivity contribution in [3.05, 3.63) is 0 Å². The van der Waals surface area contributed by atoms with E-state index in [-0.39, 0.29) is 0 Å². The van der Waals surface area contributed by atoms with Gasteiger partial charge in [0.1, 0.15) is 11.7 Å². The van der Waals surface area contributed by atoms with E-state index in [1.165, 1.54) is 0 Å². The summed E-state index contributed by atoms with van der Waals surface area (Å²) in [4.78, 5) is 53.9. The zero-order chi connectivity index (χ0) is 33.0. The summed E-state index contributed by atoms with van der Waals surface area (Å²) in [5.41, 5.74) is -1.98. The third kappa shape index (κ3) is 8.74. The summed E-state index contributed by atoms with van der Waals surface area (Å²) in [6.07, 6.45) is -18.5. The molecule has 0 bridgehead atoms. The molecule has 0 aromatic rings. The van der Waals surface area contributed by atoms with Crippen LogP contribution in [0.3, 0.4) is 0 Å². The van der Waals surface area contributed by atoms with E-state index in [2.05, 4.69) is 24.0 Å². The predicted octanol–water partition coefficient (Wildman–Crippen LogP) is 5.19. The first-order valence-corrected chi connectivity index (χ1v) is 10.9. The SMILES string of the molecule is CCC(F)(F)C(F)(F)C(F)(F)OC(=O)C(=O)OOC(C)(C)CC(C)OC(=O)C(=O)OC(F)(F)C(F)(F)C(F)(F)CC. The van der Waals surface area contributed by atoms with Gasteiger partial charge in [-0.1, -0.05) is 13.8 Å². The Morgan fingerprint density at radius 2 is 0.951 bits per heavy atom. The minimum Gasteiger partial charge on any atom is -0.454 e. The van der Waals surface area contributed by atoms with E-state index >= 15 is 0 Å². The normalized spacial score (nSPS) is 14.7. The lowest BCUT2D eigenvalue weighted by molar-refractivity contribution is -0.386. The van der Waals surface area contributed by atoms with Crippen LogP contribution in [0.15, 0.2) is 0 Å². The molecule has 0 N–H and O–H groups in total. The van der Waals surface area contributed by atoms with Crippen LogP contribution in [-0.2, 0) is 43.2 Å². The molecule has 0 aliphatic heterocycles. The smallest absolute Gasteiger partial charge is 0.454 e. The van der Waals surface area contributed by atoms with Crippen molar-refractivity contribution in [3.8, 4) is 0 Å². The number of esters is 3.